The Hall–Kier alpha value is -4.84. The number of nitrogens with zero attached hydrogens (tertiary/aromatic N) is 1. The van der Waals surface area contributed by atoms with Gasteiger partial charge < -0.3 is 13.9 Å². The molecular weight excluding hydrogens is 454 g/mol. The molecule has 3 aromatic carbocycles. The Bertz CT molecular complexity index is 1480. The highest BCUT2D eigenvalue weighted by Crippen LogP contribution is 2.36. The van der Waals surface area contributed by atoms with Crippen LogP contribution >= 0.6 is 0 Å². The lowest BCUT2D eigenvalue weighted by Crippen LogP contribution is -2.24. The first-order valence-electron chi connectivity index (χ1n) is 11.3. The highest BCUT2D eigenvalue weighted by Gasteiger charge is 2.31. The van der Waals surface area contributed by atoms with Gasteiger partial charge in [0.2, 0.25) is 0 Å². The number of amides is 1. The summed E-state index contributed by atoms with van der Waals surface area (Å²) in [5.41, 5.74) is 4.17. The summed E-state index contributed by atoms with van der Waals surface area (Å²) in [5.74, 6) is 1.27. The van der Waals surface area contributed by atoms with Crippen LogP contribution in [0.15, 0.2) is 107 Å². The second-order valence-electron chi connectivity index (χ2n) is 8.11. The Labute approximate surface area is 208 Å². The Kier molecular flexibility index (Phi) is 6.24. The van der Waals surface area contributed by atoms with Gasteiger partial charge in [0.05, 0.1) is 31.2 Å². The number of hydrogen-bond acceptors (Lipinski definition) is 5. The fourth-order valence-electron chi connectivity index (χ4n) is 4.07. The third-order valence-electron chi connectivity index (χ3n) is 5.88. The van der Waals surface area contributed by atoms with Crippen LogP contribution in [-0.2, 0) is 9.53 Å². The molecule has 1 amide bonds. The van der Waals surface area contributed by atoms with Crippen LogP contribution in [0.3, 0.4) is 0 Å². The van der Waals surface area contributed by atoms with Crippen molar-refractivity contribution in [2.75, 3.05) is 19.1 Å². The fourth-order valence-corrected chi connectivity index (χ4v) is 4.07. The van der Waals surface area contributed by atoms with Gasteiger partial charge in [0, 0.05) is 17.2 Å². The van der Waals surface area contributed by atoms with Crippen molar-refractivity contribution in [2.24, 2.45) is 0 Å². The molecule has 0 N–H and O–H groups in total. The van der Waals surface area contributed by atoms with Gasteiger partial charge >= 0.3 is 5.97 Å². The van der Waals surface area contributed by atoms with Gasteiger partial charge in [-0.25, -0.2) is 4.79 Å². The predicted molar refractivity (Wildman–Crippen MR) is 138 cm³/mol. The number of rotatable bonds is 6. The summed E-state index contributed by atoms with van der Waals surface area (Å²) in [6.45, 7) is 0. The summed E-state index contributed by atoms with van der Waals surface area (Å²) < 4.78 is 16.1. The Balaban J connectivity index is 1.49. The maximum Gasteiger partial charge on any atom is 0.337 e. The molecule has 1 aliphatic heterocycles. The van der Waals surface area contributed by atoms with Crippen LogP contribution in [0.1, 0.15) is 21.7 Å². The van der Waals surface area contributed by atoms with E-state index in [9.17, 15) is 9.59 Å². The van der Waals surface area contributed by atoms with Crippen molar-refractivity contribution in [1.29, 1.82) is 0 Å². The topological polar surface area (TPSA) is 69.0 Å². The number of benzene rings is 3. The minimum atomic E-state index is -0.396. The van der Waals surface area contributed by atoms with Gasteiger partial charge in [-0.1, -0.05) is 48.5 Å². The molecule has 0 radical (unpaired) electrons. The lowest BCUT2D eigenvalue weighted by molar-refractivity contribution is -0.113. The summed E-state index contributed by atoms with van der Waals surface area (Å²) in [7, 11) is 2.95. The largest absolute Gasteiger partial charge is 0.497 e. The molecule has 0 spiro atoms. The number of anilines is 1. The van der Waals surface area contributed by atoms with Crippen LogP contribution < -0.4 is 9.64 Å². The summed E-state index contributed by atoms with van der Waals surface area (Å²) >= 11 is 0. The Morgan fingerprint density at radius 2 is 1.64 bits per heavy atom. The van der Waals surface area contributed by atoms with E-state index in [0.29, 0.717) is 34.1 Å². The highest BCUT2D eigenvalue weighted by atomic mass is 16.5. The van der Waals surface area contributed by atoms with Crippen molar-refractivity contribution < 1.29 is 23.5 Å². The van der Waals surface area contributed by atoms with E-state index in [2.05, 4.69) is 0 Å². The number of methoxy groups -OCH3 is 2. The van der Waals surface area contributed by atoms with Gasteiger partial charge in [-0.3, -0.25) is 9.69 Å². The molecule has 6 heteroatoms. The van der Waals surface area contributed by atoms with E-state index in [1.807, 2.05) is 72.8 Å². The highest BCUT2D eigenvalue weighted by molar-refractivity contribution is 6.23. The maximum atomic E-state index is 13.6. The average Bonchev–Trinajstić information content (AvgIpc) is 3.53. The molecule has 36 heavy (non-hydrogen) atoms. The number of carbonyl (C=O) groups is 2. The monoisotopic (exact) mass is 477 g/mol. The lowest BCUT2D eigenvalue weighted by atomic mass is 10.1. The number of ether oxygens (including phenoxy) is 2. The zero-order valence-corrected chi connectivity index (χ0v) is 19.8. The van der Waals surface area contributed by atoms with Gasteiger partial charge in [0.1, 0.15) is 17.3 Å². The minimum Gasteiger partial charge on any atom is -0.497 e. The molecule has 0 saturated heterocycles. The van der Waals surface area contributed by atoms with Crippen molar-refractivity contribution in [1.82, 2.24) is 0 Å². The first kappa shape index (κ1) is 22.9. The lowest BCUT2D eigenvalue weighted by Gasteiger charge is -2.21. The van der Waals surface area contributed by atoms with Gasteiger partial charge in [-0.15, -0.1) is 0 Å². The molecular formula is C30H23NO5. The van der Waals surface area contributed by atoms with E-state index in [1.165, 1.54) is 7.11 Å². The third kappa shape index (κ3) is 4.44. The fraction of sp³-hybridized carbons (Fsp3) is 0.0667. The average molecular weight is 478 g/mol. The Morgan fingerprint density at radius 3 is 2.36 bits per heavy atom. The molecule has 0 atom stereocenters. The van der Waals surface area contributed by atoms with Crippen LogP contribution in [0.4, 0.5) is 5.69 Å². The summed E-state index contributed by atoms with van der Waals surface area (Å²) in [5, 5.41) is 0. The number of furan rings is 1. The molecule has 1 aliphatic rings. The molecule has 0 unspecified atom stereocenters. The van der Waals surface area contributed by atoms with Crippen molar-refractivity contribution in [3.8, 4) is 17.1 Å². The summed E-state index contributed by atoms with van der Waals surface area (Å²) in [6.07, 6.45) is 3.60. The van der Waals surface area contributed by atoms with Crippen molar-refractivity contribution in [3.05, 3.63) is 120 Å². The second kappa shape index (κ2) is 9.80. The number of carbonyl (C=O) groups excluding carboxylic acids is 2. The quantitative estimate of drug-likeness (QED) is 0.244. The van der Waals surface area contributed by atoms with Crippen LogP contribution in [0.5, 0.6) is 5.75 Å². The normalized spacial score (nSPS) is 14.2. The van der Waals surface area contributed by atoms with Gasteiger partial charge in [-0.2, -0.15) is 0 Å². The second-order valence-corrected chi connectivity index (χ2v) is 8.11. The van der Waals surface area contributed by atoms with E-state index in [0.717, 1.165) is 16.8 Å². The van der Waals surface area contributed by atoms with Gasteiger partial charge in [-0.05, 0) is 54.1 Å². The summed E-state index contributed by atoms with van der Waals surface area (Å²) in [4.78, 5) is 26.9. The van der Waals surface area contributed by atoms with Crippen LogP contribution in [0, 0.1) is 0 Å². The van der Waals surface area contributed by atoms with Crippen LogP contribution in [0.2, 0.25) is 0 Å². The molecule has 6 nitrogen and oxygen atoms in total. The smallest absolute Gasteiger partial charge is 0.337 e. The third-order valence-corrected chi connectivity index (χ3v) is 5.88. The summed E-state index contributed by atoms with van der Waals surface area (Å²) in [6, 6.07) is 27.8. The predicted octanol–water partition coefficient (Wildman–Crippen LogP) is 6.21. The zero-order chi connectivity index (χ0) is 25.1. The van der Waals surface area contributed by atoms with E-state index < -0.39 is 5.97 Å². The van der Waals surface area contributed by atoms with Crippen LogP contribution in [0.25, 0.3) is 23.1 Å². The maximum absolute atomic E-state index is 13.6. The van der Waals surface area contributed by atoms with E-state index in [4.69, 9.17) is 13.9 Å². The molecule has 1 aromatic heterocycles. The minimum absolute atomic E-state index is 0.164. The first-order chi connectivity index (χ1) is 17.6. The van der Waals surface area contributed by atoms with Gasteiger partial charge in [0.25, 0.3) is 5.91 Å². The molecule has 0 fully saturated rings. The molecule has 5 rings (SSSR count). The van der Waals surface area contributed by atoms with E-state index in [-0.39, 0.29) is 5.91 Å². The molecule has 178 valence electrons. The van der Waals surface area contributed by atoms with Crippen molar-refractivity contribution in [3.63, 3.8) is 0 Å². The van der Waals surface area contributed by atoms with Crippen molar-refractivity contribution in [2.45, 2.75) is 0 Å². The van der Waals surface area contributed by atoms with Crippen molar-refractivity contribution >= 4 is 29.3 Å². The number of esters is 1. The number of hydrogen-bond donors (Lipinski definition) is 0. The van der Waals surface area contributed by atoms with E-state index >= 15 is 0 Å². The molecule has 0 bridgehead atoms. The standard InChI is InChI=1S/C30H23NO5/c1-34-25-10-6-9-24(19-25)31-27(20-7-4-3-5-8-20)18-23(29(31)32)17-26-15-16-28(36-26)21-11-13-22(14-12-21)30(33)35-2/h3-19H,1-2H3/b23-17+. The SMILES string of the molecule is COC(=O)c1ccc(-c2ccc(/C=C3\C=C(c4ccccc4)N(c4cccc(OC)c4)C3=O)o2)cc1. The molecule has 2 heterocycles. The molecule has 4 aromatic rings. The molecule has 0 saturated carbocycles. The Morgan fingerprint density at radius 1 is 0.861 bits per heavy atom. The van der Waals surface area contributed by atoms with Gasteiger partial charge in [0.15, 0.2) is 0 Å². The first-order valence-corrected chi connectivity index (χ1v) is 11.3. The zero-order valence-electron chi connectivity index (χ0n) is 19.8. The van der Waals surface area contributed by atoms with E-state index in [1.54, 1.807) is 42.4 Å². The van der Waals surface area contributed by atoms with Crippen LogP contribution in [-0.4, -0.2) is 26.1 Å². The molecule has 0 aliphatic carbocycles.